The van der Waals surface area contributed by atoms with Gasteiger partial charge in [0, 0.05) is 4.88 Å². The number of aromatic nitrogens is 2. The van der Waals surface area contributed by atoms with E-state index in [4.69, 9.17) is 17.4 Å². The lowest BCUT2D eigenvalue weighted by molar-refractivity contribution is 0.102. The number of anilines is 2. The third kappa shape index (κ3) is 3.01. The van der Waals surface area contributed by atoms with E-state index in [1.165, 1.54) is 11.3 Å². The zero-order valence-electron chi connectivity index (χ0n) is 10.3. The molecule has 2 heterocycles. The van der Waals surface area contributed by atoms with Crippen LogP contribution in [0.1, 0.15) is 21.1 Å². The maximum Gasteiger partial charge on any atom is 0.277 e. The number of thiazole rings is 1. The fourth-order valence-corrected chi connectivity index (χ4v) is 2.37. The molecule has 19 heavy (non-hydrogen) atoms. The largest absolute Gasteiger partial charge is 0.308 e. The quantitative estimate of drug-likeness (QED) is 0.597. The summed E-state index contributed by atoms with van der Waals surface area (Å²) in [6, 6.07) is 3.13. The van der Waals surface area contributed by atoms with Crippen LogP contribution in [0.25, 0.3) is 0 Å². The highest BCUT2D eigenvalue weighted by Gasteiger charge is 2.15. The number of aryl methyl sites for hydroxylation is 2. The predicted octanol–water partition coefficient (Wildman–Crippen LogP) is 2.35. The van der Waals surface area contributed by atoms with Crippen molar-refractivity contribution < 1.29 is 4.79 Å². The van der Waals surface area contributed by atoms with E-state index in [9.17, 15) is 4.79 Å². The van der Waals surface area contributed by atoms with Gasteiger partial charge in [0.25, 0.3) is 5.91 Å². The number of halogens is 1. The van der Waals surface area contributed by atoms with Gasteiger partial charge >= 0.3 is 0 Å². The van der Waals surface area contributed by atoms with Crippen LogP contribution in [0, 0.1) is 13.8 Å². The molecular formula is C11H12ClN5OS. The normalized spacial score (nSPS) is 10.3. The van der Waals surface area contributed by atoms with Crippen LogP contribution in [0.15, 0.2) is 12.1 Å². The van der Waals surface area contributed by atoms with E-state index in [1.54, 1.807) is 12.1 Å². The number of hydrogen-bond acceptors (Lipinski definition) is 6. The topological polar surface area (TPSA) is 92.9 Å². The number of nitrogens with two attached hydrogens (primary N) is 1. The minimum absolute atomic E-state index is 0.0997. The van der Waals surface area contributed by atoms with Crippen LogP contribution in [-0.4, -0.2) is 15.9 Å². The van der Waals surface area contributed by atoms with Crippen LogP contribution < -0.4 is 16.6 Å². The number of pyridine rings is 1. The minimum Gasteiger partial charge on any atom is -0.308 e. The molecule has 2 aromatic heterocycles. The van der Waals surface area contributed by atoms with Gasteiger partial charge in [-0.1, -0.05) is 11.6 Å². The van der Waals surface area contributed by atoms with Gasteiger partial charge in [-0.15, -0.1) is 11.3 Å². The number of hydrazine groups is 1. The van der Waals surface area contributed by atoms with E-state index in [2.05, 4.69) is 20.7 Å². The van der Waals surface area contributed by atoms with Crippen molar-refractivity contribution in [1.29, 1.82) is 0 Å². The van der Waals surface area contributed by atoms with Crippen LogP contribution in [0.4, 0.5) is 10.9 Å². The molecule has 0 aliphatic rings. The number of nitrogen functional groups attached to an aromatic ring is 1. The Morgan fingerprint density at radius 3 is 2.68 bits per heavy atom. The van der Waals surface area contributed by atoms with Gasteiger partial charge in [0.1, 0.15) is 11.5 Å². The molecule has 0 aliphatic heterocycles. The van der Waals surface area contributed by atoms with Crippen LogP contribution in [0.2, 0.25) is 5.02 Å². The first-order valence-electron chi connectivity index (χ1n) is 5.40. The van der Waals surface area contributed by atoms with Crippen molar-refractivity contribution in [1.82, 2.24) is 9.97 Å². The molecule has 8 heteroatoms. The van der Waals surface area contributed by atoms with Crippen molar-refractivity contribution in [3.05, 3.63) is 33.4 Å². The van der Waals surface area contributed by atoms with E-state index in [-0.39, 0.29) is 10.7 Å². The second-order valence-corrected chi connectivity index (χ2v) is 5.40. The van der Waals surface area contributed by atoms with Crippen molar-refractivity contribution in [3.63, 3.8) is 0 Å². The van der Waals surface area contributed by atoms with E-state index in [0.29, 0.717) is 10.9 Å². The highest BCUT2D eigenvalue weighted by Crippen LogP contribution is 2.23. The molecule has 1 amide bonds. The molecule has 0 saturated carbocycles. The van der Waals surface area contributed by atoms with Gasteiger partial charge in [0.05, 0.1) is 10.7 Å². The Hall–Kier alpha value is -1.70. The number of amides is 1. The minimum atomic E-state index is -0.421. The van der Waals surface area contributed by atoms with E-state index < -0.39 is 5.91 Å². The lowest BCUT2D eigenvalue weighted by atomic mass is 10.3. The molecule has 4 N–H and O–H groups in total. The Labute approximate surface area is 119 Å². The van der Waals surface area contributed by atoms with E-state index in [1.807, 2.05) is 13.8 Å². The first-order chi connectivity index (χ1) is 9.01. The molecule has 0 fully saturated rings. The summed E-state index contributed by atoms with van der Waals surface area (Å²) in [6.45, 7) is 3.82. The Morgan fingerprint density at radius 1 is 1.37 bits per heavy atom. The van der Waals surface area contributed by atoms with Crippen LogP contribution in [0.5, 0.6) is 0 Å². The fraction of sp³-hybridized carbons (Fsp3) is 0.182. The molecule has 6 nitrogen and oxygen atoms in total. The lowest BCUT2D eigenvalue weighted by Crippen LogP contribution is -2.16. The standard InChI is InChI=1S/C11H12ClN5OS/c1-5-6(2)19-11(14-5)16-10(18)9-7(12)3-4-8(15-9)17-13/h3-4H,13H2,1-2H3,(H,15,17)(H,14,16,18). The van der Waals surface area contributed by atoms with Crippen LogP contribution in [-0.2, 0) is 0 Å². The number of hydrogen-bond donors (Lipinski definition) is 3. The number of carbonyl (C=O) groups is 1. The van der Waals surface area contributed by atoms with Crippen LogP contribution in [0.3, 0.4) is 0 Å². The van der Waals surface area contributed by atoms with E-state index >= 15 is 0 Å². The fourth-order valence-electron chi connectivity index (χ4n) is 1.36. The van der Waals surface area contributed by atoms with Crippen molar-refractivity contribution in [2.24, 2.45) is 5.84 Å². The van der Waals surface area contributed by atoms with Gasteiger partial charge in [-0.05, 0) is 26.0 Å². The monoisotopic (exact) mass is 297 g/mol. The summed E-state index contributed by atoms with van der Waals surface area (Å²) in [7, 11) is 0. The molecule has 0 spiro atoms. The summed E-state index contributed by atoms with van der Waals surface area (Å²) in [4.78, 5) is 21.3. The second-order valence-electron chi connectivity index (χ2n) is 3.79. The van der Waals surface area contributed by atoms with Gasteiger partial charge in [-0.3, -0.25) is 10.1 Å². The van der Waals surface area contributed by atoms with Gasteiger partial charge < -0.3 is 5.43 Å². The highest BCUT2D eigenvalue weighted by molar-refractivity contribution is 7.15. The van der Waals surface area contributed by atoms with Crippen molar-refractivity contribution in [2.75, 3.05) is 10.7 Å². The van der Waals surface area contributed by atoms with Crippen molar-refractivity contribution in [2.45, 2.75) is 13.8 Å². The molecule has 0 aromatic carbocycles. The average molecular weight is 298 g/mol. The SMILES string of the molecule is Cc1nc(NC(=O)c2nc(NN)ccc2Cl)sc1C. The van der Waals surface area contributed by atoms with Crippen molar-refractivity contribution in [3.8, 4) is 0 Å². The smallest absolute Gasteiger partial charge is 0.277 e. The van der Waals surface area contributed by atoms with E-state index in [0.717, 1.165) is 10.6 Å². The third-order valence-corrected chi connectivity index (χ3v) is 3.75. The highest BCUT2D eigenvalue weighted by atomic mass is 35.5. The summed E-state index contributed by atoms with van der Waals surface area (Å²) in [5.74, 6) is 5.19. The molecule has 0 aliphatic carbocycles. The third-order valence-electron chi connectivity index (χ3n) is 2.46. The van der Waals surface area contributed by atoms with Crippen LogP contribution >= 0.6 is 22.9 Å². The summed E-state index contributed by atoms with van der Waals surface area (Å²) >= 11 is 7.34. The first-order valence-corrected chi connectivity index (χ1v) is 6.59. The van der Waals surface area contributed by atoms with Gasteiger partial charge in [-0.2, -0.15) is 0 Å². The summed E-state index contributed by atoms with van der Waals surface area (Å²) in [5.41, 5.74) is 3.35. The molecule has 2 aromatic rings. The molecular weight excluding hydrogens is 286 g/mol. The summed E-state index contributed by atoms with van der Waals surface area (Å²) in [5, 5.41) is 3.43. The van der Waals surface area contributed by atoms with Gasteiger partial charge in [-0.25, -0.2) is 15.8 Å². The number of carbonyl (C=O) groups excluding carboxylic acids is 1. The zero-order chi connectivity index (χ0) is 14.0. The summed E-state index contributed by atoms with van der Waals surface area (Å²) in [6.07, 6.45) is 0. The maximum absolute atomic E-state index is 12.1. The lowest BCUT2D eigenvalue weighted by Gasteiger charge is -2.05. The zero-order valence-corrected chi connectivity index (χ0v) is 11.9. The Balaban J connectivity index is 2.24. The summed E-state index contributed by atoms with van der Waals surface area (Å²) < 4.78 is 0. The number of nitrogens with one attached hydrogen (secondary N) is 2. The number of nitrogens with zero attached hydrogens (tertiary/aromatic N) is 2. The van der Waals surface area contributed by atoms with Gasteiger partial charge in [0.15, 0.2) is 5.13 Å². The molecule has 100 valence electrons. The van der Waals surface area contributed by atoms with Gasteiger partial charge in [0.2, 0.25) is 0 Å². The Kier molecular flexibility index (Phi) is 3.98. The molecule has 0 radical (unpaired) electrons. The molecule has 0 atom stereocenters. The average Bonchev–Trinajstić information content (AvgIpc) is 2.68. The first kappa shape index (κ1) is 13.7. The number of rotatable bonds is 3. The predicted molar refractivity (Wildman–Crippen MR) is 76.6 cm³/mol. The Morgan fingerprint density at radius 2 is 2.11 bits per heavy atom. The maximum atomic E-state index is 12.1. The molecule has 0 bridgehead atoms. The second kappa shape index (κ2) is 5.52. The molecule has 2 rings (SSSR count). The Bertz CT molecular complexity index is 608. The van der Waals surface area contributed by atoms with Crippen molar-refractivity contribution >= 4 is 39.8 Å². The molecule has 0 saturated heterocycles. The molecule has 0 unspecified atom stereocenters.